The van der Waals surface area contributed by atoms with Gasteiger partial charge in [-0.3, -0.25) is 0 Å². The number of para-hydroxylation sites is 1. The first-order valence-electron chi connectivity index (χ1n) is 12.2. The molecule has 8 heteroatoms. The number of carbonyl (C=O) groups is 1. The van der Waals surface area contributed by atoms with Crippen molar-refractivity contribution in [3.8, 4) is 17.3 Å². The summed E-state index contributed by atoms with van der Waals surface area (Å²) in [4.78, 5) is 15.0. The maximum Gasteiger partial charge on any atom is 0.317 e. The molecule has 0 radical (unpaired) electrons. The van der Waals surface area contributed by atoms with Crippen molar-refractivity contribution in [2.45, 2.75) is 58.7 Å². The van der Waals surface area contributed by atoms with E-state index in [0.717, 1.165) is 30.7 Å². The van der Waals surface area contributed by atoms with Crippen molar-refractivity contribution in [3.63, 3.8) is 0 Å². The van der Waals surface area contributed by atoms with E-state index >= 15 is 0 Å². The fourth-order valence-electron chi connectivity index (χ4n) is 4.17. The molecule has 4 rings (SSSR count). The summed E-state index contributed by atoms with van der Waals surface area (Å²) >= 11 is 0. The highest BCUT2D eigenvalue weighted by atomic mass is 19.1. The average Bonchev–Trinajstić information content (AvgIpc) is 3.48. The average molecular weight is 481 g/mol. The first kappa shape index (κ1) is 24.7. The SMILES string of the molecule is CCc1nn(-c2ccc(F)cc2)c(Oc2ccccc2)c1CN(CC1CCCO1)C(=O)NC(C)C. The molecule has 0 aliphatic carbocycles. The number of benzene rings is 2. The Bertz CT molecular complexity index is 1110. The Morgan fingerprint density at radius 1 is 1.23 bits per heavy atom. The minimum Gasteiger partial charge on any atom is -0.439 e. The molecule has 1 fully saturated rings. The van der Waals surface area contributed by atoms with Crippen molar-refractivity contribution in [1.29, 1.82) is 0 Å². The Morgan fingerprint density at radius 2 is 1.97 bits per heavy atom. The molecule has 0 spiro atoms. The molecule has 1 aromatic heterocycles. The number of rotatable bonds is 9. The van der Waals surface area contributed by atoms with Crippen LogP contribution in [-0.2, 0) is 17.7 Å². The van der Waals surface area contributed by atoms with Crippen LogP contribution in [0.25, 0.3) is 5.69 Å². The smallest absolute Gasteiger partial charge is 0.317 e. The Kier molecular flexibility index (Phi) is 8.02. The van der Waals surface area contributed by atoms with Gasteiger partial charge in [0.05, 0.1) is 29.6 Å². The molecule has 1 aliphatic heterocycles. The van der Waals surface area contributed by atoms with Gasteiger partial charge in [0, 0.05) is 19.2 Å². The topological polar surface area (TPSA) is 68.6 Å². The van der Waals surface area contributed by atoms with Crippen LogP contribution in [0, 0.1) is 5.82 Å². The molecule has 3 aromatic rings. The van der Waals surface area contributed by atoms with Gasteiger partial charge in [0.15, 0.2) is 0 Å². The van der Waals surface area contributed by atoms with Crippen molar-refractivity contribution in [2.24, 2.45) is 0 Å². The van der Waals surface area contributed by atoms with Gasteiger partial charge >= 0.3 is 6.03 Å². The molecular formula is C27H33FN4O3. The minimum absolute atomic E-state index is 0.00196. The first-order chi connectivity index (χ1) is 16.9. The normalized spacial score (nSPS) is 15.4. The molecule has 1 unspecified atom stereocenters. The first-order valence-corrected chi connectivity index (χ1v) is 12.2. The number of nitrogens with one attached hydrogen (secondary N) is 1. The summed E-state index contributed by atoms with van der Waals surface area (Å²) in [6, 6.07) is 15.4. The molecule has 186 valence electrons. The minimum atomic E-state index is -0.324. The molecule has 2 amide bonds. The van der Waals surface area contributed by atoms with Gasteiger partial charge in [-0.05, 0) is 69.5 Å². The van der Waals surface area contributed by atoms with Gasteiger partial charge in [0.25, 0.3) is 0 Å². The lowest BCUT2D eigenvalue weighted by Gasteiger charge is -2.27. The van der Waals surface area contributed by atoms with Crippen LogP contribution in [0.2, 0.25) is 0 Å². The maximum absolute atomic E-state index is 13.6. The molecular weight excluding hydrogens is 447 g/mol. The van der Waals surface area contributed by atoms with E-state index in [-0.39, 0.29) is 24.0 Å². The van der Waals surface area contributed by atoms with Crippen LogP contribution in [0.5, 0.6) is 11.6 Å². The lowest BCUT2D eigenvalue weighted by Crippen LogP contribution is -2.45. The van der Waals surface area contributed by atoms with Gasteiger partial charge in [-0.1, -0.05) is 25.1 Å². The van der Waals surface area contributed by atoms with E-state index in [1.54, 1.807) is 21.7 Å². The van der Waals surface area contributed by atoms with Gasteiger partial charge in [-0.15, -0.1) is 0 Å². The van der Waals surface area contributed by atoms with Crippen LogP contribution in [0.3, 0.4) is 0 Å². The zero-order chi connectivity index (χ0) is 24.8. The van der Waals surface area contributed by atoms with Gasteiger partial charge in [0.2, 0.25) is 5.88 Å². The molecule has 1 aliphatic rings. The third-order valence-electron chi connectivity index (χ3n) is 5.88. The molecule has 0 bridgehead atoms. The van der Waals surface area contributed by atoms with E-state index in [2.05, 4.69) is 5.32 Å². The number of aromatic nitrogens is 2. The van der Waals surface area contributed by atoms with Gasteiger partial charge in [-0.2, -0.15) is 5.10 Å². The fraction of sp³-hybridized carbons (Fsp3) is 0.407. The Labute approximate surface area is 205 Å². The van der Waals surface area contributed by atoms with E-state index in [1.165, 1.54) is 12.1 Å². The van der Waals surface area contributed by atoms with Crippen molar-refractivity contribution in [1.82, 2.24) is 20.0 Å². The van der Waals surface area contributed by atoms with Gasteiger partial charge in [-0.25, -0.2) is 13.9 Å². The quantitative estimate of drug-likeness (QED) is 0.441. The predicted octanol–water partition coefficient (Wildman–Crippen LogP) is 5.47. The second-order valence-corrected chi connectivity index (χ2v) is 9.01. The molecule has 2 aromatic carbocycles. The molecule has 35 heavy (non-hydrogen) atoms. The lowest BCUT2D eigenvalue weighted by atomic mass is 10.1. The third-order valence-corrected chi connectivity index (χ3v) is 5.88. The predicted molar refractivity (Wildman–Crippen MR) is 132 cm³/mol. The molecule has 2 heterocycles. The van der Waals surface area contributed by atoms with Crippen molar-refractivity contribution in [2.75, 3.05) is 13.2 Å². The summed E-state index contributed by atoms with van der Waals surface area (Å²) in [6.07, 6.45) is 2.57. The number of carbonyl (C=O) groups excluding carboxylic acids is 1. The van der Waals surface area contributed by atoms with Crippen molar-refractivity contribution < 1.29 is 18.7 Å². The highest BCUT2D eigenvalue weighted by molar-refractivity contribution is 5.74. The van der Waals surface area contributed by atoms with Crippen molar-refractivity contribution in [3.05, 3.63) is 71.7 Å². The van der Waals surface area contributed by atoms with Gasteiger partial charge in [0.1, 0.15) is 11.6 Å². The van der Waals surface area contributed by atoms with Crippen LogP contribution in [-0.4, -0.2) is 46.0 Å². The number of urea groups is 1. The summed E-state index contributed by atoms with van der Waals surface area (Å²) in [7, 11) is 0. The van der Waals surface area contributed by atoms with Crippen molar-refractivity contribution >= 4 is 6.03 Å². The van der Waals surface area contributed by atoms with Crippen LogP contribution in [0.1, 0.15) is 44.9 Å². The Morgan fingerprint density at radius 3 is 2.60 bits per heavy atom. The Hall–Kier alpha value is -3.39. The third kappa shape index (κ3) is 6.19. The van der Waals surface area contributed by atoms with E-state index in [1.807, 2.05) is 51.1 Å². The zero-order valence-electron chi connectivity index (χ0n) is 20.5. The van der Waals surface area contributed by atoms with E-state index in [9.17, 15) is 9.18 Å². The number of halogens is 1. The lowest BCUT2D eigenvalue weighted by molar-refractivity contribution is 0.0788. The molecule has 1 saturated heterocycles. The second-order valence-electron chi connectivity index (χ2n) is 9.01. The number of hydrogen-bond acceptors (Lipinski definition) is 4. The summed E-state index contributed by atoms with van der Waals surface area (Å²) in [5, 5.41) is 7.82. The molecule has 0 saturated carbocycles. The summed E-state index contributed by atoms with van der Waals surface area (Å²) in [6.45, 7) is 7.41. The van der Waals surface area contributed by atoms with Gasteiger partial charge < -0.3 is 19.7 Å². The Balaban J connectivity index is 1.75. The number of nitrogens with zero attached hydrogens (tertiary/aromatic N) is 3. The highest BCUT2D eigenvalue weighted by Crippen LogP contribution is 2.32. The standard InChI is InChI=1S/C27H33FN4O3/c1-4-25-24(18-31(27(33)29-19(2)3)17-23-11-8-16-34-23)26(35-22-9-6-5-7-10-22)32(30-25)21-14-12-20(28)13-15-21/h5-7,9-10,12-15,19,23H,4,8,11,16-18H2,1-3H3,(H,29,33). The number of ether oxygens (including phenoxy) is 2. The number of amides is 2. The highest BCUT2D eigenvalue weighted by Gasteiger charge is 2.28. The monoisotopic (exact) mass is 480 g/mol. The molecule has 1 N–H and O–H groups in total. The maximum atomic E-state index is 13.6. The summed E-state index contributed by atoms with van der Waals surface area (Å²) in [5.41, 5.74) is 2.31. The molecule has 7 nitrogen and oxygen atoms in total. The number of aryl methyl sites for hydroxylation is 1. The van der Waals surface area contributed by atoms with Crippen LogP contribution in [0.15, 0.2) is 54.6 Å². The number of hydrogen-bond donors (Lipinski definition) is 1. The summed E-state index contributed by atoms with van der Waals surface area (Å²) in [5.74, 6) is 0.835. The van der Waals surface area contributed by atoms with Crippen LogP contribution in [0.4, 0.5) is 9.18 Å². The zero-order valence-corrected chi connectivity index (χ0v) is 20.5. The van der Waals surface area contributed by atoms with Crippen LogP contribution >= 0.6 is 0 Å². The van der Waals surface area contributed by atoms with E-state index in [0.29, 0.717) is 36.8 Å². The van der Waals surface area contributed by atoms with E-state index in [4.69, 9.17) is 14.6 Å². The second kappa shape index (κ2) is 11.4. The van der Waals surface area contributed by atoms with Crippen LogP contribution < -0.4 is 10.1 Å². The summed E-state index contributed by atoms with van der Waals surface area (Å²) < 4.78 is 27.5. The fourth-order valence-corrected chi connectivity index (χ4v) is 4.17. The largest absolute Gasteiger partial charge is 0.439 e. The molecule has 1 atom stereocenters. The van der Waals surface area contributed by atoms with E-state index < -0.39 is 0 Å².